The van der Waals surface area contributed by atoms with Gasteiger partial charge in [0.05, 0.1) is 6.61 Å². The molecule has 0 aliphatic heterocycles. The molecule has 12 heavy (non-hydrogen) atoms. The summed E-state index contributed by atoms with van der Waals surface area (Å²) >= 11 is 0. The van der Waals surface area contributed by atoms with E-state index in [-0.39, 0.29) is 6.61 Å². The SMILES string of the molecule is CCN.NCCO.O=S(=O)(O)O. The van der Waals surface area contributed by atoms with Crippen molar-refractivity contribution in [3.63, 3.8) is 0 Å². The Hall–Kier alpha value is -0.250. The van der Waals surface area contributed by atoms with Gasteiger partial charge in [-0.2, -0.15) is 8.42 Å². The normalized spacial score (nSPS) is 8.83. The minimum absolute atomic E-state index is 0.0972. The average Bonchev–Trinajstić information content (AvgIpc) is 1.85. The van der Waals surface area contributed by atoms with Crippen LogP contribution in [0.15, 0.2) is 0 Å². The third kappa shape index (κ3) is 1330. The molecule has 0 radical (unpaired) electrons. The maximum atomic E-state index is 8.74. The van der Waals surface area contributed by atoms with Gasteiger partial charge in [0, 0.05) is 6.54 Å². The Morgan fingerprint density at radius 3 is 1.33 bits per heavy atom. The Morgan fingerprint density at radius 2 is 1.33 bits per heavy atom. The van der Waals surface area contributed by atoms with Crippen LogP contribution in [-0.2, 0) is 10.4 Å². The van der Waals surface area contributed by atoms with Crippen LogP contribution in [0.5, 0.6) is 0 Å². The Labute approximate surface area is 72.0 Å². The van der Waals surface area contributed by atoms with Crippen LogP contribution >= 0.6 is 0 Å². The smallest absolute Gasteiger partial charge is 0.394 e. The molecule has 0 unspecified atom stereocenters. The van der Waals surface area contributed by atoms with Crippen LogP contribution in [0, 0.1) is 0 Å². The maximum absolute atomic E-state index is 8.74. The fraction of sp³-hybridized carbons (Fsp3) is 1.00. The molecule has 0 heterocycles. The third-order valence-corrected chi connectivity index (χ3v) is 0.129. The lowest BCUT2D eigenvalue weighted by molar-refractivity contribution is 0.306. The van der Waals surface area contributed by atoms with Gasteiger partial charge in [0.2, 0.25) is 0 Å². The summed E-state index contributed by atoms with van der Waals surface area (Å²) in [6.07, 6.45) is 0. The molecule has 8 heteroatoms. The van der Waals surface area contributed by atoms with Crippen molar-refractivity contribution in [3.05, 3.63) is 0 Å². The van der Waals surface area contributed by atoms with Gasteiger partial charge in [-0.05, 0) is 6.54 Å². The van der Waals surface area contributed by atoms with E-state index in [1.807, 2.05) is 6.92 Å². The van der Waals surface area contributed by atoms with Crippen molar-refractivity contribution in [1.82, 2.24) is 0 Å². The second-order valence-electron chi connectivity index (χ2n) is 1.37. The topological polar surface area (TPSA) is 147 Å². The summed E-state index contributed by atoms with van der Waals surface area (Å²) in [5.74, 6) is 0. The Morgan fingerprint density at radius 1 is 1.25 bits per heavy atom. The van der Waals surface area contributed by atoms with E-state index in [1.165, 1.54) is 0 Å². The molecule has 0 spiro atoms. The third-order valence-electron chi connectivity index (χ3n) is 0.129. The Bertz CT molecular complexity index is 136. The predicted molar refractivity (Wildman–Crippen MR) is 45.0 cm³/mol. The molecular formula is C4H16N2O5S. The molecule has 0 atom stereocenters. The van der Waals surface area contributed by atoms with Crippen LogP contribution in [0.25, 0.3) is 0 Å². The molecule has 0 amide bonds. The molecule has 7 nitrogen and oxygen atoms in total. The zero-order valence-electron chi connectivity index (χ0n) is 6.84. The number of hydrogen-bond acceptors (Lipinski definition) is 5. The van der Waals surface area contributed by atoms with Crippen LogP contribution in [-0.4, -0.2) is 42.3 Å². The lowest BCUT2D eigenvalue weighted by atomic mass is 10.8. The largest absolute Gasteiger partial charge is 0.395 e. The number of aliphatic hydroxyl groups excluding tert-OH is 1. The quantitative estimate of drug-likeness (QED) is 0.318. The first-order valence-electron chi connectivity index (χ1n) is 3.04. The molecule has 0 aromatic heterocycles. The van der Waals surface area contributed by atoms with Gasteiger partial charge < -0.3 is 16.6 Å². The second kappa shape index (κ2) is 13.3. The Balaban J connectivity index is -0.000000105. The Kier molecular flexibility index (Phi) is 19.7. The summed E-state index contributed by atoms with van der Waals surface area (Å²) in [7, 11) is -4.67. The summed E-state index contributed by atoms with van der Waals surface area (Å²) < 4.78 is 31.6. The van der Waals surface area contributed by atoms with Gasteiger partial charge in [-0.15, -0.1) is 0 Å². The van der Waals surface area contributed by atoms with E-state index < -0.39 is 10.4 Å². The molecule has 0 fully saturated rings. The van der Waals surface area contributed by atoms with Gasteiger partial charge in [-0.1, -0.05) is 6.92 Å². The van der Waals surface area contributed by atoms with Crippen molar-refractivity contribution >= 4 is 10.4 Å². The van der Waals surface area contributed by atoms with Crippen LogP contribution in [0.3, 0.4) is 0 Å². The first-order valence-corrected chi connectivity index (χ1v) is 4.44. The van der Waals surface area contributed by atoms with E-state index in [0.717, 1.165) is 6.54 Å². The van der Waals surface area contributed by atoms with Gasteiger partial charge in [0.15, 0.2) is 0 Å². The van der Waals surface area contributed by atoms with Gasteiger partial charge in [-0.25, -0.2) is 0 Å². The average molecular weight is 204 g/mol. The van der Waals surface area contributed by atoms with E-state index in [0.29, 0.717) is 6.54 Å². The van der Waals surface area contributed by atoms with E-state index >= 15 is 0 Å². The van der Waals surface area contributed by atoms with E-state index in [1.54, 1.807) is 0 Å². The lowest BCUT2D eigenvalue weighted by Gasteiger charge is -1.71. The molecular weight excluding hydrogens is 188 g/mol. The first kappa shape index (κ1) is 17.7. The molecule has 78 valence electrons. The number of aliphatic hydroxyl groups is 1. The summed E-state index contributed by atoms with van der Waals surface area (Å²) in [6.45, 7) is 3.12. The molecule has 0 aromatic carbocycles. The summed E-state index contributed by atoms with van der Waals surface area (Å²) in [5, 5.41) is 7.75. The van der Waals surface area contributed by atoms with E-state index in [2.05, 4.69) is 0 Å². The fourth-order valence-electron chi connectivity index (χ4n) is 0. The van der Waals surface area contributed by atoms with Gasteiger partial charge in [0.25, 0.3) is 0 Å². The molecule has 0 bridgehead atoms. The summed E-state index contributed by atoms with van der Waals surface area (Å²) in [5.41, 5.74) is 9.62. The van der Waals surface area contributed by atoms with Crippen molar-refractivity contribution < 1.29 is 22.6 Å². The van der Waals surface area contributed by atoms with Crippen molar-refractivity contribution in [2.24, 2.45) is 11.5 Å². The molecule has 0 rings (SSSR count). The number of hydrogen-bond donors (Lipinski definition) is 5. The second-order valence-corrected chi connectivity index (χ2v) is 2.26. The van der Waals surface area contributed by atoms with E-state index in [9.17, 15) is 0 Å². The molecule has 7 N–H and O–H groups in total. The molecule has 0 saturated carbocycles. The van der Waals surface area contributed by atoms with Crippen LogP contribution in [0.1, 0.15) is 6.92 Å². The highest BCUT2D eigenvalue weighted by atomic mass is 32.3. The van der Waals surface area contributed by atoms with Crippen molar-refractivity contribution in [2.75, 3.05) is 19.7 Å². The minimum atomic E-state index is -4.67. The zero-order valence-corrected chi connectivity index (χ0v) is 7.66. The highest BCUT2D eigenvalue weighted by molar-refractivity contribution is 7.79. The minimum Gasteiger partial charge on any atom is -0.395 e. The molecule has 0 aliphatic rings. The van der Waals surface area contributed by atoms with Crippen molar-refractivity contribution in [2.45, 2.75) is 6.92 Å². The van der Waals surface area contributed by atoms with Crippen LogP contribution < -0.4 is 11.5 Å². The summed E-state index contributed by atoms with van der Waals surface area (Å²) in [4.78, 5) is 0. The van der Waals surface area contributed by atoms with Gasteiger partial charge >= 0.3 is 10.4 Å². The predicted octanol–water partition coefficient (Wildman–Crippen LogP) is -1.75. The van der Waals surface area contributed by atoms with Crippen molar-refractivity contribution in [3.8, 4) is 0 Å². The van der Waals surface area contributed by atoms with Gasteiger partial charge in [-0.3, -0.25) is 9.11 Å². The number of rotatable bonds is 1. The molecule has 0 aromatic rings. The summed E-state index contributed by atoms with van der Waals surface area (Å²) in [6, 6.07) is 0. The zero-order chi connectivity index (χ0) is 10.6. The van der Waals surface area contributed by atoms with Crippen molar-refractivity contribution in [1.29, 1.82) is 0 Å². The molecule has 0 aliphatic carbocycles. The van der Waals surface area contributed by atoms with Gasteiger partial charge in [0.1, 0.15) is 0 Å². The maximum Gasteiger partial charge on any atom is 0.394 e. The first-order chi connectivity index (χ1) is 5.33. The highest BCUT2D eigenvalue weighted by Crippen LogP contribution is 1.59. The van der Waals surface area contributed by atoms with E-state index in [4.69, 9.17) is 34.1 Å². The number of nitrogens with two attached hydrogens (primary N) is 2. The van der Waals surface area contributed by atoms with Crippen LogP contribution in [0.2, 0.25) is 0 Å². The standard InChI is InChI=1S/C2H7NO.C2H7N.H2O4S/c3-1-2-4;1-2-3;1-5(2,3)4/h4H,1-3H2;2-3H2,1H3;(H2,1,2,3,4). The molecule has 0 saturated heterocycles. The van der Waals surface area contributed by atoms with Crippen LogP contribution in [0.4, 0.5) is 0 Å². The lowest BCUT2D eigenvalue weighted by Crippen LogP contribution is -2.02. The fourth-order valence-corrected chi connectivity index (χ4v) is 0. The monoisotopic (exact) mass is 204 g/mol. The highest BCUT2D eigenvalue weighted by Gasteiger charge is 1.84.